The van der Waals surface area contributed by atoms with E-state index in [4.69, 9.17) is 16.3 Å². The third-order valence-corrected chi connectivity index (χ3v) is 8.02. The Hall–Kier alpha value is -1.76. The first-order valence-electron chi connectivity index (χ1n) is 11.6. The van der Waals surface area contributed by atoms with Gasteiger partial charge in [-0.25, -0.2) is 0 Å². The van der Waals surface area contributed by atoms with Gasteiger partial charge in [0, 0.05) is 17.0 Å². The van der Waals surface area contributed by atoms with E-state index in [0.717, 1.165) is 57.2 Å². The molecule has 0 radical (unpaired) electrons. The Morgan fingerprint density at radius 2 is 1.58 bits per heavy atom. The number of hydrogen-bond acceptors (Lipinski definition) is 3. The summed E-state index contributed by atoms with van der Waals surface area (Å²) in [5.74, 6) is 0.400. The molecule has 33 heavy (non-hydrogen) atoms. The number of likely N-dealkylation sites (tertiary alicyclic amines) is 1. The molecule has 1 aliphatic heterocycles. The van der Waals surface area contributed by atoms with E-state index in [0.29, 0.717) is 10.8 Å². The lowest BCUT2D eigenvalue weighted by Crippen LogP contribution is -2.73. The smallest absolute Gasteiger partial charge is 0.416 e. The van der Waals surface area contributed by atoms with Gasteiger partial charge in [-0.1, -0.05) is 36.6 Å². The van der Waals surface area contributed by atoms with Gasteiger partial charge >= 0.3 is 6.18 Å². The molecular formula is C26H31ClF3NO2. The Labute approximate surface area is 198 Å². The van der Waals surface area contributed by atoms with Crippen LogP contribution in [0.4, 0.5) is 13.2 Å². The zero-order valence-electron chi connectivity index (χ0n) is 19.0. The van der Waals surface area contributed by atoms with E-state index in [2.05, 4.69) is 17.0 Å². The fraction of sp³-hybridized carbons (Fsp3) is 0.538. The quantitative estimate of drug-likeness (QED) is 0.492. The van der Waals surface area contributed by atoms with E-state index in [9.17, 15) is 18.3 Å². The molecule has 2 aromatic rings. The van der Waals surface area contributed by atoms with Crippen LogP contribution < -0.4 is 4.74 Å². The van der Waals surface area contributed by atoms with Gasteiger partial charge in [-0.15, -0.1) is 0 Å². The van der Waals surface area contributed by atoms with Crippen molar-refractivity contribution in [3.05, 3.63) is 64.7 Å². The van der Waals surface area contributed by atoms with E-state index in [1.807, 2.05) is 19.1 Å². The third-order valence-electron chi connectivity index (χ3n) is 7.77. The molecule has 1 saturated heterocycles. The number of nitrogens with zero attached hydrogens (tertiary/aromatic N) is 1. The molecule has 1 N–H and O–H groups in total. The minimum absolute atomic E-state index is 0.236. The molecule has 0 bridgehead atoms. The van der Waals surface area contributed by atoms with Gasteiger partial charge in [0.25, 0.3) is 0 Å². The number of piperidine rings is 1. The normalized spacial score (nSPS) is 25.2. The molecule has 2 aromatic carbocycles. The monoisotopic (exact) mass is 481 g/mol. The van der Waals surface area contributed by atoms with Crippen LogP contribution in [0.15, 0.2) is 48.5 Å². The van der Waals surface area contributed by atoms with E-state index < -0.39 is 23.5 Å². The molecule has 1 aliphatic carbocycles. The summed E-state index contributed by atoms with van der Waals surface area (Å²) in [5, 5.41) is 11.5. The predicted molar refractivity (Wildman–Crippen MR) is 123 cm³/mol. The molecule has 180 valence electrons. The summed E-state index contributed by atoms with van der Waals surface area (Å²) in [6.45, 7) is 4.53. The maximum Gasteiger partial charge on any atom is 0.416 e. The van der Waals surface area contributed by atoms with Crippen molar-refractivity contribution in [3.8, 4) is 5.75 Å². The van der Waals surface area contributed by atoms with Crippen LogP contribution in [0.5, 0.6) is 5.75 Å². The van der Waals surface area contributed by atoms with Crippen LogP contribution in [0.1, 0.15) is 63.5 Å². The highest BCUT2D eigenvalue weighted by atomic mass is 35.5. The van der Waals surface area contributed by atoms with Crippen LogP contribution >= 0.6 is 11.6 Å². The van der Waals surface area contributed by atoms with Crippen LogP contribution in [0.25, 0.3) is 0 Å². The van der Waals surface area contributed by atoms with Crippen LogP contribution in [0.2, 0.25) is 5.02 Å². The first-order valence-corrected chi connectivity index (χ1v) is 12.0. The number of alkyl halides is 3. The molecular weight excluding hydrogens is 451 g/mol. The SMILES string of the molecule is C[C@@H](O)N1CCCC[C@]1([C@@H](C)Oc1ccc(C(F)(F)F)cc1)C1(c2ccc(Cl)cc2)CCC1. The van der Waals surface area contributed by atoms with Gasteiger partial charge in [0.15, 0.2) is 0 Å². The van der Waals surface area contributed by atoms with E-state index in [-0.39, 0.29) is 11.5 Å². The highest BCUT2D eigenvalue weighted by Crippen LogP contribution is 2.58. The first kappa shape index (κ1) is 24.4. The van der Waals surface area contributed by atoms with Gasteiger partial charge < -0.3 is 9.84 Å². The Balaban J connectivity index is 1.75. The second-order valence-corrected chi connectivity index (χ2v) is 9.87. The van der Waals surface area contributed by atoms with E-state index in [1.54, 1.807) is 6.92 Å². The minimum Gasteiger partial charge on any atom is -0.489 e. The average Bonchev–Trinajstić information content (AvgIpc) is 2.74. The molecule has 4 rings (SSSR count). The fourth-order valence-corrected chi connectivity index (χ4v) is 6.30. The van der Waals surface area contributed by atoms with Crippen molar-refractivity contribution in [1.82, 2.24) is 4.90 Å². The summed E-state index contributed by atoms with van der Waals surface area (Å²) in [5.41, 5.74) is -0.264. The van der Waals surface area contributed by atoms with Crippen LogP contribution in [-0.2, 0) is 11.6 Å². The lowest BCUT2D eigenvalue weighted by molar-refractivity contribution is -0.170. The third kappa shape index (κ3) is 4.26. The summed E-state index contributed by atoms with van der Waals surface area (Å²) in [4.78, 5) is 2.17. The summed E-state index contributed by atoms with van der Waals surface area (Å²) < 4.78 is 45.4. The second kappa shape index (κ2) is 9.12. The molecule has 0 spiro atoms. The van der Waals surface area contributed by atoms with Gasteiger partial charge in [0.05, 0.1) is 11.1 Å². The molecule has 0 unspecified atom stereocenters. The molecule has 2 fully saturated rings. The molecule has 3 nitrogen and oxygen atoms in total. The predicted octanol–water partition coefficient (Wildman–Crippen LogP) is 6.81. The number of halogens is 4. The first-order chi connectivity index (χ1) is 15.6. The van der Waals surface area contributed by atoms with Crippen molar-refractivity contribution >= 4 is 11.6 Å². The minimum atomic E-state index is -4.39. The zero-order chi connectivity index (χ0) is 23.9. The van der Waals surface area contributed by atoms with E-state index >= 15 is 0 Å². The van der Waals surface area contributed by atoms with Crippen molar-refractivity contribution in [2.45, 2.75) is 81.8 Å². The number of rotatable bonds is 6. The highest BCUT2D eigenvalue weighted by Gasteiger charge is 2.63. The molecule has 1 heterocycles. The molecule has 0 amide bonds. The number of aliphatic hydroxyl groups is 1. The van der Waals surface area contributed by atoms with Crippen LogP contribution in [0, 0.1) is 0 Å². The van der Waals surface area contributed by atoms with Crippen molar-refractivity contribution in [1.29, 1.82) is 0 Å². The maximum absolute atomic E-state index is 13.0. The van der Waals surface area contributed by atoms with Gasteiger partial charge in [0.2, 0.25) is 0 Å². The van der Waals surface area contributed by atoms with Crippen LogP contribution in [-0.4, -0.2) is 34.4 Å². The lowest BCUT2D eigenvalue weighted by atomic mass is 9.50. The summed E-state index contributed by atoms with van der Waals surface area (Å²) in [7, 11) is 0. The molecule has 7 heteroatoms. The van der Waals surface area contributed by atoms with Crippen molar-refractivity contribution in [2.24, 2.45) is 0 Å². The molecule has 2 aliphatic rings. The summed E-state index contributed by atoms with van der Waals surface area (Å²) in [6.07, 6.45) is 0.386. The Kier molecular flexibility index (Phi) is 6.74. The van der Waals surface area contributed by atoms with Crippen molar-refractivity contribution in [2.75, 3.05) is 6.54 Å². The van der Waals surface area contributed by atoms with Crippen molar-refractivity contribution in [3.63, 3.8) is 0 Å². The average molecular weight is 482 g/mol. The number of hydrogen-bond donors (Lipinski definition) is 1. The zero-order valence-corrected chi connectivity index (χ0v) is 19.8. The van der Waals surface area contributed by atoms with Gasteiger partial charge in [-0.2, -0.15) is 13.2 Å². The molecule has 1 saturated carbocycles. The Bertz CT molecular complexity index is 942. The highest BCUT2D eigenvalue weighted by molar-refractivity contribution is 6.30. The Morgan fingerprint density at radius 1 is 0.939 bits per heavy atom. The number of aliphatic hydroxyl groups excluding tert-OH is 1. The second-order valence-electron chi connectivity index (χ2n) is 9.43. The van der Waals surface area contributed by atoms with Gasteiger partial charge in [0.1, 0.15) is 18.1 Å². The van der Waals surface area contributed by atoms with Gasteiger partial charge in [-0.3, -0.25) is 4.90 Å². The summed E-state index contributed by atoms with van der Waals surface area (Å²) in [6, 6.07) is 12.8. The summed E-state index contributed by atoms with van der Waals surface area (Å²) >= 11 is 6.18. The van der Waals surface area contributed by atoms with Crippen molar-refractivity contribution < 1.29 is 23.0 Å². The lowest BCUT2D eigenvalue weighted by Gasteiger charge is -2.65. The van der Waals surface area contributed by atoms with Gasteiger partial charge in [-0.05, 0) is 81.5 Å². The number of benzene rings is 2. The topological polar surface area (TPSA) is 32.7 Å². The molecule has 0 aromatic heterocycles. The van der Waals surface area contributed by atoms with E-state index in [1.165, 1.54) is 17.7 Å². The number of ether oxygens (including phenoxy) is 1. The Morgan fingerprint density at radius 3 is 2.09 bits per heavy atom. The largest absolute Gasteiger partial charge is 0.489 e. The standard InChI is InChI=1S/C26H31ClF3NO2/c1-18(33-23-12-8-21(9-13-23)26(28,29)30)25(16-3-4-17-31(25)19(2)32)24(14-5-15-24)20-6-10-22(27)11-7-20/h6-13,18-19,32H,3-5,14-17H2,1-2H3/t18-,19-,25+/m1/s1. The van der Waals surface area contributed by atoms with Crippen LogP contribution in [0.3, 0.4) is 0 Å². The molecule has 3 atom stereocenters. The maximum atomic E-state index is 13.0. The fourth-order valence-electron chi connectivity index (χ4n) is 6.17.